The van der Waals surface area contributed by atoms with E-state index in [1.165, 1.54) is 114 Å². The van der Waals surface area contributed by atoms with E-state index in [0.717, 1.165) is 38.8 Å². The van der Waals surface area contributed by atoms with Gasteiger partial charge < -0.3 is 34.5 Å². The molecule has 6 N–H and O–H groups in total. The van der Waals surface area contributed by atoms with Crippen LogP contribution in [0.3, 0.4) is 0 Å². The fourth-order valence-electron chi connectivity index (χ4n) is 6.85. The van der Waals surface area contributed by atoms with Gasteiger partial charge in [-0.15, -0.1) is 0 Å². The van der Waals surface area contributed by atoms with Gasteiger partial charge in [0.05, 0.1) is 6.33 Å². The fraction of sp³-hybridized carbons (Fsp3) is 0.857. The average Bonchev–Trinajstić information content (AvgIpc) is 3.62. The van der Waals surface area contributed by atoms with Crippen LogP contribution in [0.15, 0.2) is 6.33 Å². The Morgan fingerprint density at radius 1 is 0.769 bits per heavy atom. The van der Waals surface area contributed by atoms with Crippen molar-refractivity contribution in [1.29, 1.82) is 0 Å². The molecule has 1 fully saturated rings. The van der Waals surface area contributed by atoms with Gasteiger partial charge >= 0.3 is 7.60 Å². The molecule has 0 radical (unpaired) electrons. The maximum Gasteiger partial charge on any atom is 0.336 e. The molecule has 1 aliphatic heterocycles. The normalized spacial score (nSPS) is 20.5. The van der Waals surface area contributed by atoms with Crippen molar-refractivity contribution in [3.8, 4) is 0 Å². The van der Waals surface area contributed by atoms with E-state index in [-0.39, 0.29) is 5.28 Å². The molecule has 0 aromatic carbocycles. The van der Waals surface area contributed by atoms with Crippen LogP contribution < -0.4 is 9.99 Å². The standard InChI is InChI=1S/C35H65ClN6O8P2/c1-3-5-7-9-11-13-15-17-19-21-23-41(24-22-20-18-16-14-12-10-8-6-4-2)32-29-33(40-35(36)39-32)42(26-37-29)34-31(44)30(43)28(50-34)25-38-51(45,46)27-52(47,48)49/h26,28,30-31,34,43-44H,3-25,27H2,1-2H3,(H2,38,45,46)(H2,47,48,49). The third kappa shape index (κ3) is 15.9. The van der Waals surface area contributed by atoms with Crippen molar-refractivity contribution >= 4 is 43.7 Å². The number of imidazole rings is 1. The summed E-state index contributed by atoms with van der Waals surface area (Å²) < 4.78 is 30.9. The lowest BCUT2D eigenvalue weighted by atomic mass is 10.1. The number of fused-ring (bicyclic) bond motifs is 1. The van der Waals surface area contributed by atoms with Crippen LogP contribution in [0, 0.1) is 0 Å². The highest BCUT2D eigenvalue weighted by Crippen LogP contribution is 2.52. The molecule has 3 rings (SSSR count). The number of aliphatic hydroxyl groups excluding tert-OH is 2. The molecule has 0 spiro atoms. The topological polar surface area (TPSA) is 203 Å². The monoisotopic (exact) mass is 794 g/mol. The Kier molecular flexibility index (Phi) is 20.6. The number of aliphatic hydroxyl groups is 2. The first-order chi connectivity index (χ1) is 24.9. The van der Waals surface area contributed by atoms with E-state index in [1.807, 2.05) is 0 Å². The van der Waals surface area contributed by atoms with Gasteiger partial charge in [-0.05, 0) is 24.4 Å². The number of nitrogens with one attached hydrogen (secondary N) is 1. The summed E-state index contributed by atoms with van der Waals surface area (Å²) in [6.45, 7) is 5.61. The second kappa shape index (κ2) is 23.7. The van der Waals surface area contributed by atoms with Gasteiger partial charge in [0.15, 0.2) is 23.2 Å². The van der Waals surface area contributed by atoms with E-state index in [9.17, 15) is 24.2 Å². The van der Waals surface area contributed by atoms with E-state index in [0.29, 0.717) is 17.0 Å². The predicted octanol–water partition coefficient (Wildman–Crippen LogP) is 7.66. The van der Waals surface area contributed by atoms with Crippen LogP contribution in [0.4, 0.5) is 5.82 Å². The molecule has 1 saturated heterocycles. The van der Waals surface area contributed by atoms with Crippen molar-refractivity contribution in [2.75, 3.05) is 30.4 Å². The number of halogens is 1. The molecule has 17 heteroatoms. The molecular formula is C35H65ClN6O8P2. The van der Waals surface area contributed by atoms with Crippen LogP contribution in [0.1, 0.15) is 148 Å². The van der Waals surface area contributed by atoms with Crippen molar-refractivity contribution < 1.29 is 38.8 Å². The van der Waals surface area contributed by atoms with Crippen molar-refractivity contribution in [2.45, 2.75) is 167 Å². The van der Waals surface area contributed by atoms with Crippen molar-refractivity contribution in [1.82, 2.24) is 24.6 Å². The summed E-state index contributed by atoms with van der Waals surface area (Å²) in [5.74, 6) is -0.668. The Hall–Kier alpha value is -1.18. The van der Waals surface area contributed by atoms with Crippen LogP contribution in [-0.2, 0) is 13.9 Å². The minimum atomic E-state index is -4.78. The molecule has 5 atom stereocenters. The molecule has 2 aromatic rings. The van der Waals surface area contributed by atoms with Gasteiger partial charge in [0.1, 0.15) is 24.2 Å². The molecule has 0 amide bonds. The van der Waals surface area contributed by atoms with Gasteiger partial charge in [-0.3, -0.25) is 13.7 Å². The summed E-state index contributed by atoms with van der Waals surface area (Å²) in [7, 11) is -9.23. The Morgan fingerprint density at radius 2 is 1.25 bits per heavy atom. The summed E-state index contributed by atoms with van der Waals surface area (Å²) in [6, 6.07) is 0. The summed E-state index contributed by atoms with van der Waals surface area (Å²) in [5, 5.41) is 23.9. The van der Waals surface area contributed by atoms with E-state index >= 15 is 0 Å². The van der Waals surface area contributed by atoms with Crippen molar-refractivity contribution in [3.05, 3.63) is 11.6 Å². The molecular weight excluding hydrogens is 730 g/mol. The number of hydrogen-bond donors (Lipinski definition) is 6. The molecule has 3 heterocycles. The first-order valence-corrected chi connectivity index (χ1v) is 23.7. The molecule has 52 heavy (non-hydrogen) atoms. The highest BCUT2D eigenvalue weighted by Gasteiger charge is 2.45. The van der Waals surface area contributed by atoms with Gasteiger partial charge in [-0.2, -0.15) is 9.97 Å². The average molecular weight is 795 g/mol. The maximum absolute atomic E-state index is 12.3. The zero-order chi connectivity index (χ0) is 38.0. The summed E-state index contributed by atoms with van der Waals surface area (Å²) in [6.07, 6.45) is 20.9. The molecule has 0 saturated carbocycles. The van der Waals surface area contributed by atoms with Gasteiger partial charge in [0.25, 0.3) is 7.52 Å². The zero-order valence-electron chi connectivity index (χ0n) is 31.3. The van der Waals surface area contributed by atoms with E-state index in [4.69, 9.17) is 26.1 Å². The van der Waals surface area contributed by atoms with Crippen molar-refractivity contribution in [2.24, 2.45) is 0 Å². The minimum Gasteiger partial charge on any atom is -0.387 e. The fourth-order valence-corrected chi connectivity index (χ4v) is 9.87. The molecule has 300 valence electrons. The molecule has 14 nitrogen and oxygen atoms in total. The molecule has 5 unspecified atom stereocenters. The minimum absolute atomic E-state index is 0.00491. The number of aromatic nitrogens is 4. The lowest BCUT2D eigenvalue weighted by Gasteiger charge is -2.24. The SMILES string of the molecule is CCCCCCCCCCCCN(CCCCCCCCCCCC)c1nc(Cl)nc2c1ncn2C1OC(CNP(=O)(O)CP(=O)(O)O)C(O)C1O. The Labute approximate surface area is 315 Å². The summed E-state index contributed by atoms with van der Waals surface area (Å²) in [4.78, 5) is 44.1. The Bertz CT molecular complexity index is 1380. The predicted molar refractivity (Wildman–Crippen MR) is 207 cm³/mol. The van der Waals surface area contributed by atoms with E-state index in [1.54, 1.807) is 0 Å². The van der Waals surface area contributed by atoms with Crippen LogP contribution in [0.2, 0.25) is 5.28 Å². The second-order valence-corrected chi connectivity index (χ2v) is 18.9. The quantitative estimate of drug-likeness (QED) is 0.0266. The number of unbranched alkanes of at least 4 members (excludes halogenated alkanes) is 18. The third-order valence-electron chi connectivity index (χ3n) is 9.77. The number of hydrogen-bond acceptors (Lipinski definition) is 9. The lowest BCUT2D eigenvalue weighted by Crippen LogP contribution is -2.37. The zero-order valence-corrected chi connectivity index (χ0v) is 33.9. The van der Waals surface area contributed by atoms with Crippen molar-refractivity contribution in [3.63, 3.8) is 0 Å². The van der Waals surface area contributed by atoms with Gasteiger partial charge in [0.2, 0.25) is 5.28 Å². The van der Waals surface area contributed by atoms with E-state index < -0.39 is 52.1 Å². The van der Waals surface area contributed by atoms with Gasteiger partial charge in [-0.25, -0.2) is 10.1 Å². The Morgan fingerprint density at radius 3 is 1.73 bits per heavy atom. The highest BCUT2D eigenvalue weighted by molar-refractivity contribution is 7.71. The molecule has 0 bridgehead atoms. The molecule has 2 aromatic heterocycles. The van der Waals surface area contributed by atoms with Gasteiger partial charge in [-0.1, -0.05) is 129 Å². The molecule has 0 aliphatic carbocycles. The molecule has 1 aliphatic rings. The highest BCUT2D eigenvalue weighted by atomic mass is 35.5. The van der Waals surface area contributed by atoms with E-state index in [2.05, 4.69) is 38.8 Å². The smallest absolute Gasteiger partial charge is 0.336 e. The van der Waals surface area contributed by atoms with Crippen LogP contribution in [0.25, 0.3) is 11.2 Å². The lowest BCUT2D eigenvalue weighted by molar-refractivity contribution is -0.0331. The Balaban J connectivity index is 1.67. The summed E-state index contributed by atoms with van der Waals surface area (Å²) >= 11 is 6.50. The van der Waals surface area contributed by atoms with Crippen LogP contribution in [-0.4, -0.2) is 88.3 Å². The largest absolute Gasteiger partial charge is 0.387 e. The second-order valence-electron chi connectivity index (χ2n) is 14.4. The number of rotatable bonds is 29. The number of nitrogens with zero attached hydrogens (tertiary/aromatic N) is 5. The third-order valence-corrected chi connectivity index (χ3v) is 13.6. The maximum atomic E-state index is 12.3. The van der Waals surface area contributed by atoms with Gasteiger partial charge in [0, 0.05) is 19.6 Å². The number of ether oxygens (including phenoxy) is 1. The van der Waals surface area contributed by atoms with Crippen LogP contribution >= 0.6 is 26.7 Å². The first kappa shape index (κ1) is 45.2. The number of anilines is 1. The summed E-state index contributed by atoms with van der Waals surface area (Å²) in [5.41, 5.74) is 0.794. The van der Waals surface area contributed by atoms with Crippen LogP contribution in [0.5, 0.6) is 0 Å². The first-order valence-electron chi connectivity index (χ1n) is 19.6.